The number of ether oxygens (including phenoxy) is 3. The van der Waals surface area contributed by atoms with Crippen molar-refractivity contribution in [2.45, 2.75) is 26.2 Å². The van der Waals surface area contributed by atoms with Gasteiger partial charge in [0, 0.05) is 31.0 Å². The second-order valence-corrected chi connectivity index (χ2v) is 7.47. The molecule has 1 saturated heterocycles. The molecule has 0 unspecified atom stereocenters. The number of aromatic nitrogens is 1. The molecular weight excluding hydrogens is 402 g/mol. The van der Waals surface area contributed by atoms with E-state index in [1.54, 1.807) is 32.2 Å². The van der Waals surface area contributed by atoms with Gasteiger partial charge in [0.1, 0.15) is 11.4 Å². The van der Waals surface area contributed by atoms with Gasteiger partial charge in [-0.2, -0.15) is 0 Å². The van der Waals surface area contributed by atoms with Crippen LogP contribution in [0.4, 0.5) is 5.69 Å². The minimum Gasteiger partial charge on any atom is -0.497 e. The lowest BCUT2D eigenvalue weighted by Crippen LogP contribution is -2.40. The Morgan fingerprint density at radius 3 is 2.77 bits per heavy atom. The van der Waals surface area contributed by atoms with E-state index in [4.69, 9.17) is 14.2 Å². The number of piperidine rings is 1. The number of benzene rings is 1. The van der Waals surface area contributed by atoms with Gasteiger partial charge in [-0.3, -0.25) is 9.59 Å². The van der Waals surface area contributed by atoms with Gasteiger partial charge < -0.3 is 29.4 Å². The van der Waals surface area contributed by atoms with Crippen LogP contribution in [0.2, 0.25) is 0 Å². The van der Waals surface area contributed by atoms with Crippen molar-refractivity contribution in [3.63, 3.8) is 0 Å². The molecule has 9 nitrogen and oxygen atoms in total. The average molecular weight is 431 g/mol. The number of carbonyl (C=O) groups excluding carboxylic acids is 3. The molecule has 1 aliphatic rings. The highest BCUT2D eigenvalue weighted by atomic mass is 16.5. The first kappa shape index (κ1) is 22.6. The summed E-state index contributed by atoms with van der Waals surface area (Å²) in [7, 11) is 2.84. The summed E-state index contributed by atoms with van der Waals surface area (Å²) in [5, 5.41) is 3.54. The number of likely N-dealkylation sites (tertiary alicyclic amines) is 1. The summed E-state index contributed by atoms with van der Waals surface area (Å²) < 4.78 is 15.2. The molecule has 0 spiro atoms. The molecule has 2 aromatic rings. The summed E-state index contributed by atoms with van der Waals surface area (Å²) in [4.78, 5) is 42.0. The van der Waals surface area contributed by atoms with Crippen LogP contribution in [0.1, 0.15) is 36.7 Å². The number of hydrogen-bond acceptors (Lipinski definition) is 7. The largest absolute Gasteiger partial charge is 0.497 e. The number of esters is 2. The summed E-state index contributed by atoms with van der Waals surface area (Å²) >= 11 is 0. The molecule has 1 atom stereocenters. The summed E-state index contributed by atoms with van der Waals surface area (Å²) in [6, 6.07) is 5.29. The van der Waals surface area contributed by atoms with Crippen LogP contribution < -0.4 is 10.1 Å². The Hall–Kier alpha value is -3.07. The number of aromatic amines is 1. The minimum absolute atomic E-state index is 0.147. The standard InChI is InChI=1S/C22H29N3O6/c1-4-31-21(27)14-6-5-10-25(13-14)11-9-18(26)24-19-16-8-7-15(29-2)12-17(16)23-20(19)22(28)30-3/h7-8,12,14,23H,4-6,9-11,13H2,1-3H3,(H,24,26)/t14-/m1/s1. The van der Waals surface area contributed by atoms with Crippen molar-refractivity contribution in [3.8, 4) is 5.75 Å². The molecular formula is C22H29N3O6. The van der Waals surface area contributed by atoms with Gasteiger partial charge in [0.2, 0.25) is 5.91 Å². The van der Waals surface area contributed by atoms with E-state index in [2.05, 4.69) is 15.2 Å². The minimum atomic E-state index is -0.571. The highest BCUT2D eigenvalue weighted by Gasteiger charge is 2.27. The summed E-state index contributed by atoms with van der Waals surface area (Å²) in [5.41, 5.74) is 1.22. The molecule has 31 heavy (non-hydrogen) atoms. The van der Waals surface area contributed by atoms with E-state index in [0.717, 1.165) is 19.4 Å². The molecule has 3 rings (SSSR count). The molecule has 2 heterocycles. The molecule has 0 bridgehead atoms. The van der Waals surface area contributed by atoms with Crippen LogP contribution in [-0.4, -0.2) is 68.2 Å². The quantitative estimate of drug-likeness (QED) is 0.618. The van der Waals surface area contributed by atoms with E-state index in [1.165, 1.54) is 7.11 Å². The average Bonchev–Trinajstić information content (AvgIpc) is 3.14. The zero-order valence-corrected chi connectivity index (χ0v) is 18.2. The van der Waals surface area contributed by atoms with Crippen LogP contribution in [0.15, 0.2) is 18.2 Å². The maximum Gasteiger partial charge on any atom is 0.356 e. The van der Waals surface area contributed by atoms with Gasteiger partial charge in [0.25, 0.3) is 0 Å². The molecule has 0 aliphatic carbocycles. The highest BCUT2D eigenvalue weighted by Crippen LogP contribution is 2.31. The lowest BCUT2D eigenvalue weighted by molar-refractivity contribution is -0.149. The zero-order valence-electron chi connectivity index (χ0n) is 18.2. The van der Waals surface area contributed by atoms with Crippen LogP contribution in [0, 0.1) is 5.92 Å². The van der Waals surface area contributed by atoms with Crippen molar-refractivity contribution in [1.82, 2.24) is 9.88 Å². The van der Waals surface area contributed by atoms with Gasteiger partial charge in [-0.05, 0) is 38.4 Å². The number of H-pyrrole nitrogens is 1. The lowest BCUT2D eigenvalue weighted by atomic mass is 9.98. The fourth-order valence-corrected chi connectivity index (χ4v) is 3.86. The predicted molar refractivity (Wildman–Crippen MR) is 115 cm³/mol. The summed E-state index contributed by atoms with van der Waals surface area (Å²) in [6.45, 7) is 4.12. The van der Waals surface area contributed by atoms with Crippen LogP contribution in [0.5, 0.6) is 5.75 Å². The Morgan fingerprint density at radius 2 is 2.06 bits per heavy atom. The third-order valence-electron chi connectivity index (χ3n) is 5.44. The normalized spacial score (nSPS) is 16.7. The van der Waals surface area contributed by atoms with Gasteiger partial charge in [-0.1, -0.05) is 0 Å². The van der Waals surface area contributed by atoms with Crippen molar-refractivity contribution in [2.24, 2.45) is 5.92 Å². The van der Waals surface area contributed by atoms with Gasteiger partial charge in [0.15, 0.2) is 0 Å². The van der Waals surface area contributed by atoms with E-state index >= 15 is 0 Å². The van der Waals surface area contributed by atoms with Crippen molar-refractivity contribution in [2.75, 3.05) is 45.8 Å². The summed E-state index contributed by atoms with van der Waals surface area (Å²) in [6.07, 6.45) is 1.93. The molecule has 1 amide bonds. The monoisotopic (exact) mass is 431 g/mol. The fraction of sp³-hybridized carbons (Fsp3) is 0.500. The topological polar surface area (TPSA) is 110 Å². The van der Waals surface area contributed by atoms with E-state index in [-0.39, 0.29) is 29.9 Å². The second-order valence-electron chi connectivity index (χ2n) is 7.47. The predicted octanol–water partition coefficient (Wildman–Crippen LogP) is 2.57. The molecule has 1 aromatic carbocycles. The number of fused-ring (bicyclic) bond motifs is 1. The maximum absolute atomic E-state index is 12.7. The van der Waals surface area contributed by atoms with Crippen molar-refractivity contribution in [3.05, 3.63) is 23.9 Å². The number of rotatable bonds is 8. The molecule has 0 radical (unpaired) electrons. The fourth-order valence-electron chi connectivity index (χ4n) is 3.86. The van der Waals surface area contributed by atoms with E-state index < -0.39 is 5.97 Å². The van der Waals surface area contributed by atoms with Gasteiger partial charge >= 0.3 is 11.9 Å². The number of methoxy groups -OCH3 is 2. The van der Waals surface area contributed by atoms with E-state index in [1.807, 2.05) is 0 Å². The van der Waals surface area contributed by atoms with Crippen LogP contribution in [0.25, 0.3) is 10.9 Å². The molecule has 1 aliphatic heterocycles. The van der Waals surface area contributed by atoms with E-state index in [0.29, 0.717) is 42.0 Å². The summed E-state index contributed by atoms with van der Waals surface area (Å²) in [5.74, 6) is -0.483. The van der Waals surface area contributed by atoms with Crippen molar-refractivity contribution < 1.29 is 28.6 Å². The molecule has 168 valence electrons. The Morgan fingerprint density at radius 1 is 1.26 bits per heavy atom. The first-order valence-electron chi connectivity index (χ1n) is 10.4. The number of anilines is 1. The smallest absolute Gasteiger partial charge is 0.356 e. The number of nitrogens with one attached hydrogen (secondary N) is 2. The molecule has 0 saturated carbocycles. The van der Waals surface area contributed by atoms with Crippen molar-refractivity contribution in [1.29, 1.82) is 0 Å². The van der Waals surface area contributed by atoms with Gasteiger partial charge in [0.05, 0.1) is 37.9 Å². The van der Waals surface area contributed by atoms with Crippen LogP contribution in [0.3, 0.4) is 0 Å². The third-order valence-corrected chi connectivity index (χ3v) is 5.44. The Bertz CT molecular complexity index is 954. The van der Waals surface area contributed by atoms with Crippen LogP contribution in [-0.2, 0) is 19.1 Å². The first-order valence-corrected chi connectivity index (χ1v) is 10.4. The Labute approximate surface area is 181 Å². The molecule has 1 fully saturated rings. The Kier molecular flexibility index (Phi) is 7.51. The van der Waals surface area contributed by atoms with Crippen LogP contribution >= 0.6 is 0 Å². The number of hydrogen-bond donors (Lipinski definition) is 2. The molecule has 1 aromatic heterocycles. The van der Waals surface area contributed by atoms with Gasteiger partial charge in [-0.25, -0.2) is 4.79 Å². The van der Waals surface area contributed by atoms with E-state index in [9.17, 15) is 14.4 Å². The molecule has 9 heteroatoms. The zero-order chi connectivity index (χ0) is 22.4. The highest BCUT2D eigenvalue weighted by molar-refractivity contribution is 6.11. The lowest BCUT2D eigenvalue weighted by Gasteiger charge is -2.31. The molecule has 2 N–H and O–H groups in total. The third kappa shape index (κ3) is 5.35. The second kappa shape index (κ2) is 10.3. The number of amides is 1. The first-order chi connectivity index (χ1) is 15.0. The number of carbonyl (C=O) groups is 3. The van der Waals surface area contributed by atoms with Gasteiger partial charge in [-0.15, -0.1) is 0 Å². The maximum atomic E-state index is 12.7. The SMILES string of the molecule is CCOC(=O)[C@@H]1CCCN(CCC(=O)Nc2c(C(=O)OC)[nH]c3cc(OC)ccc23)C1. The Balaban J connectivity index is 1.67. The number of nitrogens with zero attached hydrogens (tertiary/aromatic N) is 1. The van der Waals surface area contributed by atoms with Crippen molar-refractivity contribution >= 4 is 34.4 Å².